The van der Waals surface area contributed by atoms with Gasteiger partial charge in [0.25, 0.3) is 0 Å². The van der Waals surface area contributed by atoms with Crippen LogP contribution in [0.3, 0.4) is 0 Å². The van der Waals surface area contributed by atoms with Gasteiger partial charge in [-0.15, -0.1) is 0 Å². The fourth-order valence-electron chi connectivity index (χ4n) is 2.27. The van der Waals surface area contributed by atoms with Gasteiger partial charge < -0.3 is 15.0 Å². The third-order valence-corrected chi connectivity index (χ3v) is 3.28. The third-order valence-electron chi connectivity index (χ3n) is 3.28. The third kappa shape index (κ3) is 4.78. The normalized spacial score (nSPS) is 25.9. The lowest BCUT2D eigenvalue weighted by Crippen LogP contribution is -2.52. The van der Waals surface area contributed by atoms with Crippen LogP contribution >= 0.6 is 0 Å². The molecule has 1 N–H and O–H groups in total. The number of likely N-dealkylation sites (N-methyl/N-ethyl adjacent to an activating group) is 1. The van der Waals surface area contributed by atoms with Gasteiger partial charge in [0.05, 0.1) is 6.61 Å². The maximum Gasteiger partial charge on any atom is 0.0613 e. The van der Waals surface area contributed by atoms with Crippen LogP contribution in [0.5, 0.6) is 0 Å². The molecule has 0 aromatic rings. The summed E-state index contributed by atoms with van der Waals surface area (Å²) in [5.74, 6) is 0. The van der Waals surface area contributed by atoms with Crippen molar-refractivity contribution in [3.05, 3.63) is 0 Å². The van der Waals surface area contributed by atoms with Gasteiger partial charge in [0, 0.05) is 51.9 Å². The molecule has 0 bridgehead atoms. The Hall–Kier alpha value is -0.160. The Labute approximate surface area is 99.9 Å². The molecule has 0 amide bonds. The van der Waals surface area contributed by atoms with Crippen molar-refractivity contribution in [2.75, 3.05) is 53.5 Å². The van der Waals surface area contributed by atoms with Crippen LogP contribution in [0.4, 0.5) is 0 Å². The molecule has 0 radical (unpaired) electrons. The fraction of sp³-hybridized carbons (Fsp3) is 1.00. The van der Waals surface area contributed by atoms with E-state index < -0.39 is 0 Å². The van der Waals surface area contributed by atoms with Crippen LogP contribution in [0.2, 0.25) is 0 Å². The average Bonchev–Trinajstić information content (AvgIpc) is 2.22. The topological polar surface area (TPSA) is 27.7 Å². The molecular formula is C12H27N3O. The lowest BCUT2D eigenvalue weighted by atomic mass is 10.2. The molecule has 1 fully saturated rings. The zero-order valence-electron chi connectivity index (χ0n) is 11.2. The first-order chi connectivity index (χ1) is 7.63. The van der Waals surface area contributed by atoms with Crippen molar-refractivity contribution in [3.63, 3.8) is 0 Å². The summed E-state index contributed by atoms with van der Waals surface area (Å²) in [6.45, 7) is 11.0. The van der Waals surface area contributed by atoms with Crippen molar-refractivity contribution < 1.29 is 4.74 Å². The molecule has 96 valence electrons. The van der Waals surface area contributed by atoms with E-state index in [1.54, 1.807) is 7.11 Å². The molecule has 16 heavy (non-hydrogen) atoms. The highest BCUT2D eigenvalue weighted by atomic mass is 16.5. The first kappa shape index (κ1) is 13.9. The highest BCUT2D eigenvalue weighted by molar-refractivity contribution is 4.77. The summed E-state index contributed by atoms with van der Waals surface area (Å²) >= 11 is 0. The van der Waals surface area contributed by atoms with Crippen LogP contribution in [-0.2, 0) is 4.74 Å². The van der Waals surface area contributed by atoms with E-state index in [0.717, 1.165) is 19.7 Å². The van der Waals surface area contributed by atoms with Crippen molar-refractivity contribution in [2.24, 2.45) is 0 Å². The molecule has 1 aliphatic heterocycles. The molecular weight excluding hydrogens is 202 g/mol. The Morgan fingerprint density at radius 2 is 2.19 bits per heavy atom. The highest BCUT2D eigenvalue weighted by Gasteiger charge is 2.20. The first-order valence-electron chi connectivity index (χ1n) is 6.28. The van der Waals surface area contributed by atoms with Crippen LogP contribution in [0, 0.1) is 0 Å². The van der Waals surface area contributed by atoms with E-state index in [9.17, 15) is 0 Å². The second-order valence-corrected chi connectivity index (χ2v) is 4.96. The van der Waals surface area contributed by atoms with Crippen LogP contribution in [0.1, 0.15) is 13.8 Å². The second kappa shape index (κ2) is 7.22. The number of nitrogens with one attached hydrogen (secondary N) is 1. The number of piperazine rings is 1. The minimum atomic E-state index is 0.452. The summed E-state index contributed by atoms with van der Waals surface area (Å²) in [6, 6.07) is 1.13. The molecule has 0 aromatic carbocycles. The van der Waals surface area contributed by atoms with Crippen molar-refractivity contribution >= 4 is 0 Å². The Bertz CT molecular complexity index is 189. The first-order valence-corrected chi connectivity index (χ1v) is 6.28. The van der Waals surface area contributed by atoms with Gasteiger partial charge in [0.2, 0.25) is 0 Å². The minimum absolute atomic E-state index is 0.452. The summed E-state index contributed by atoms with van der Waals surface area (Å²) in [4.78, 5) is 4.97. The lowest BCUT2D eigenvalue weighted by Gasteiger charge is -2.38. The van der Waals surface area contributed by atoms with E-state index in [1.165, 1.54) is 19.6 Å². The number of ether oxygens (including phenoxy) is 1. The van der Waals surface area contributed by atoms with E-state index in [0.29, 0.717) is 12.1 Å². The Balaban J connectivity index is 2.12. The van der Waals surface area contributed by atoms with Gasteiger partial charge in [0.15, 0.2) is 0 Å². The average molecular weight is 229 g/mol. The van der Waals surface area contributed by atoms with E-state index in [4.69, 9.17) is 4.74 Å². The van der Waals surface area contributed by atoms with E-state index >= 15 is 0 Å². The summed E-state index contributed by atoms with van der Waals surface area (Å²) in [6.07, 6.45) is 0. The monoisotopic (exact) mass is 229 g/mol. The minimum Gasteiger partial charge on any atom is -0.383 e. The molecule has 0 saturated carbocycles. The Morgan fingerprint density at radius 3 is 2.81 bits per heavy atom. The number of nitrogens with zero attached hydrogens (tertiary/aromatic N) is 2. The largest absolute Gasteiger partial charge is 0.383 e. The molecule has 1 heterocycles. The van der Waals surface area contributed by atoms with Gasteiger partial charge in [-0.05, 0) is 20.9 Å². The maximum absolute atomic E-state index is 5.10. The van der Waals surface area contributed by atoms with Gasteiger partial charge in [0.1, 0.15) is 0 Å². The van der Waals surface area contributed by atoms with Gasteiger partial charge in [-0.1, -0.05) is 0 Å². The quantitative estimate of drug-likeness (QED) is 0.706. The van der Waals surface area contributed by atoms with Crippen LogP contribution in [0.25, 0.3) is 0 Å². The van der Waals surface area contributed by atoms with E-state index in [1.807, 2.05) is 0 Å². The highest BCUT2D eigenvalue weighted by Crippen LogP contribution is 2.06. The fourth-order valence-corrected chi connectivity index (χ4v) is 2.27. The zero-order chi connectivity index (χ0) is 12.0. The number of hydrogen-bond donors (Lipinski definition) is 1. The van der Waals surface area contributed by atoms with Crippen molar-refractivity contribution in [2.45, 2.75) is 25.9 Å². The Morgan fingerprint density at radius 1 is 1.44 bits per heavy atom. The molecule has 0 aliphatic carbocycles. The zero-order valence-corrected chi connectivity index (χ0v) is 11.2. The van der Waals surface area contributed by atoms with Crippen molar-refractivity contribution in [1.82, 2.24) is 15.1 Å². The molecule has 1 rings (SSSR count). The molecule has 4 nitrogen and oxygen atoms in total. The molecule has 2 atom stereocenters. The number of hydrogen-bond acceptors (Lipinski definition) is 4. The van der Waals surface area contributed by atoms with Crippen LogP contribution in [-0.4, -0.2) is 75.4 Å². The number of rotatable bonds is 6. The van der Waals surface area contributed by atoms with Gasteiger partial charge in [-0.2, -0.15) is 0 Å². The summed E-state index contributed by atoms with van der Waals surface area (Å²) < 4.78 is 5.10. The van der Waals surface area contributed by atoms with E-state index in [-0.39, 0.29) is 0 Å². The predicted octanol–water partition coefficient (Wildman–Crippen LogP) is 0.247. The van der Waals surface area contributed by atoms with Crippen LogP contribution in [0.15, 0.2) is 0 Å². The molecule has 2 unspecified atom stereocenters. The van der Waals surface area contributed by atoms with Gasteiger partial charge in [-0.3, -0.25) is 4.90 Å². The molecule has 0 aromatic heterocycles. The summed E-state index contributed by atoms with van der Waals surface area (Å²) in [5, 5.41) is 3.48. The summed E-state index contributed by atoms with van der Waals surface area (Å²) in [5.41, 5.74) is 0. The van der Waals surface area contributed by atoms with Gasteiger partial charge in [-0.25, -0.2) is 0 Å². The molecule has 1 saturated heterocycles. The second-order valence-electron chi connectivity index (χ2n) is 4.96. The predicted molar refractivity (Wildman–Crippen MR) is 67.9 cm³/mol. The van der Waals surface area contributed by atoms with Crippen LogP contribution < -0.4 is 5.32 Å². The van der Waals surface area contributed by atoms with Crippen molar-refractivity contribution in [1.29, 1.82) is 0 Å². The standard InChI is InChI=1S/C12H27N3O/c1-11(10-16-4)13-5-6-15-8-7-14(3)9-12(15)2/h11-13H,5-10H2,1-4H3. The van der Waals surface area contributed by atoms with E-state index in [2.05, 4.69) is 36.0 Å². The maximum atomic E-state index is 5.10. The number of methoxy groups -OCH3 is 1. The van der Waals surface area contributed by atoms with Crippen molar-refractivity contribution in [3.8, 4) is 0 Å². The molecule has 0 spiro atoms. The molecule has 4 heteroatoms. The summed E-state index contributed by atoms with van der Waals surface area (Å²) in [7, 11) is 3.95. The molecule has 1 aliphatic rings. The Kier molecular flexibility index (Phi) is 6.28. The SMILES string of the molecule is COCC(C)NCCN1CCN(C)CC1C. The smallest absolute Gasteiger partial charge is 0.0613 e. The van der Waals surface area contributed by atoms with Gasteiger partial charge >= 0.3 is 0 Å². The lowest BCUT2D eigenvalue weighted by molar-refractivity contribution is 0.0983.